The average molecular weight is 386 g/mol. The minimum Gasteiger partial charge on any atom is -0.339 e. The number of hydrogen-bond donors (Lipinski definition) is 1. The predicted molar refractivity (Wildman–Crippen MR) is 107 cm³/mol. The van der Waals surface area contributed by atoms with Gasteiger partial charge >= 0.3 is 0 Å². The molecule has 25 heavy (non-hydrogen) atoms. The van der Waals surface area contributed by atoms with E-state index in [-0.39, 0.29) is 5.28 Å². The summed E-state index contributed by atoms with van der Waals surface area (Å²) in [6.07, 6.45) is 0. The summed E-state index contributed by atoms with van der Waals surface area (Å²) in [6.45, 7) is 1.97. The van der Waals surface area contributed by atoms with Gasteiger partial charge in [-0.1, -0.05) is 48.0 Å². The van der Waals surface area contributed by atoms with E-state index < -0.39 is 0 Å². The Balaban J connectivity index is 1.87. The molecular weight excluding hydrogens is 373 g/mol. The summed E-state index contributed by atoms with van der Waals surface area (Å²) in [7, 11) is 0. The van der Waals surface area contributed by atoms with E-state index in [1.165, 1.54) is 0 Å². The topological polar surface area (TPSA) is 37.8 Å². The SMILES string of the molecule is Cc1ccc(Nc2nc(Cl)nc3scc(-c4ccccc4)c23)cc1Cl. The van der Waals surface area contributed by atoms with Crippen molar-refractivity contribution >= 4 is 56.3 Å². The van der Waals surface area contributed by atoms with Crippen molar-refractivity contribution < 1.29 is 0 Å². The highest BCUT2D eigenvalue weighted by molar-refractivity contribution is 7.17. The predicted octanol–water partition coefficient (Wildman–Crippen LogP) is 6.72. The second-order valence-electron chi connectivity index (χ2n) is 5.63. The maximum absolute atomic E-state index is 6.24. The van der Waals surface area contributed by atoms with E-state index in [0.29, 0.717) is 10.8 Å². The van der Waals surface area contributed by atoms with Crippen LogP contribution in [0.15, 0.2) is 53.9 Å². The van der Waals surface area contributed by atoms with Crippen molar-refractivity contribution in [2.24, 2.45) is 0 Å². The summed E-state index contributed by atoms with van der Waals surface area (Å²) in [5.41, 5.74) is 4.08. The minimum atomic E-state index is 0.217. The van der Waals surface area contributed by atoms with Gasteiger partial charge in [-0.15, -0.1) is 11.3 Å². The molecule has 0 atom stereocenters. The Morgan fingerprint density at radius 1 is 1.00 bits per heavy atom. The highest BCUT2D eigenvalue weighted by Crippen LogP contribution is 2.38. The molecule has 1 N–H and O–H groups in total. The summed E-state index contributed by atoms with van der Waals surface area (Å²) < 4.78 is 0. The highest BCUT2D eigenvalue weighted by atomic mass is 35.5. The van der Waals surface area contributed by atoms with E-state index in [2.05, 4.69) is 32.8 Å². The molecular formula is C19H13Cl2N3S. The van der Waals surface area contributed by atoms with Crippen molar-refractivity contribution in [2.75, 3.05) is 5.32 Å². The first-order valence-electron chi connectivity index (χ1n) is 7.65. The summed E-state index contributed by atoms with van der Waals surface area (Å²) >= 11 is 13.9. The van der Waals surface area contributed by atoms with Crippen LogP contribution < -0.4 is 5.32 Å². The molecule has 0 unspecified atom stereocenters. The standard InChI is InChI=1S/C19H13Cl2N3S/c1-11-7-8-13(9-15(11)20)22-17-16-14(12-5-3-2-4-6-12)10-25-18(16)24-19(21)23-17/h2-10H,1H3,(H,22,23,24). The first-order chi connectivity index (χ1) is 12.1. The highest BCUT2D eigenvalue weighted by Gasteiger charge is 2.15. The molecule has 0 saturated heterocycles. The van der Waals surface area contributed by atoms with Gasteiger partial charge < -0.3 is 5.32 Å². The van der Waals surface area contributed by atoms with Crippen LogP contribution in [-0.4, -0.2) is 9.97 Å². The lowest BCUT2D eigenvalue weighted by atomic mass is 10.1. The Morgan fingerprint density at radius 3 is 2.56 bits per heavy atom. The fourth-order valence-corrected chi connectivity index (χ4v) is 3.99. The number of fused-ring (bicyclic) bond motifs is 1. The van der Waals surface area contributed by atoms with E-state index in [9.17, 15) is 0 Å². The van der Waals surface area contributed by atoms with Crippen LogP contribution in [0.2, 0.25) is 10.3 Å². The third-order valence-electron chi connectivity index (χ3n) is 3.93. The third kappa shape index (κ3) is 3.21. The quantitative estimate of drug-likeness (QED) is 0.397. The van der Waals surface area contributed by atoms with E-state index in [1.807, 2.05) is 43.3 Å². The monoisotopic (exact) mass is 385 g/mol. The van der Waals surface area contributed by atoms with Crippen molar-refractivity contribution in [3.05, 3.63) is 69.8 Å². The molecule has 4 rings (SSSR count). The zero-order valence-electron chi connectivity index (χ0n) is 13.3. The van der Waals surface area contributed by atoms with E-state index in [4.69, 9.17) is 23.2 Å². The van der Waals surface area contributed by atoms with Gasteiger partial charge in [0.05, 0.1) is 5.39 Å². The zero-order chi connectivity index (χ0) is 17.4. The lowest BCUT2D eigenvalue weighted by Gasteiger charge is -2.10. The number of hydrogen-bond acceptors (Lipinski definition) is 4. The number of anilines is 2. The Kier molecular flexibility index (Phi) is 4.34. The molecule has 2 aromatic heterocycles. The second kappa shape index (κ2) is 6.64. The van der Waals surface area contributed by atoms with Gasteiger partial charge in [0.2, 0.25) is 5.28 Å². The summed E-state index contributed by atoms with van der Waals surface area (Å²) in [6, 6.07) is 16.0. The molecule has 0 saturated carbocycles. The lowest BCUT2D eigenvalue weighted by Crippen LogP contribution is -1.97. The molecule has 124 valence electrons. The molecule has 2 heterocycles. The van der Waals surface area contributed by atoms with Gasteiger partial charge in [0.1, 0.15) is 10.6 Å². The van der Waals surface area contributed by atoms with Crippen molar-refractivity contribution in [1.29, 1.82) is 0 Å². The first kappa shape index (κ1) is 16.3. The third-order valence-corrected chi connectivity index (χ3v) is 5.37. The maximum atomic E-state index is 6.24. The molecule has 0 fully saturated rings. The molecule has 0 amide bonds. The molecule has 0 aliphatic heterocycles. The van der Waals surface area contributed by atoms with Crippen LogP contribution in [-0.2, 0) is 0 Å². The fourth-order valence-electron chi connectivity index (χ4n) is 2.64. The Labute approximate surface area is 159 Å². The molecule has 0 radical (unpaired) electrons. The van der Waals surface area contributed by atoms with Crippen molar-refractivity contribution in [3.63, 3.8) is 0 Å². The van der Waals surface area contributed by atoms with Crippen LogP contribution in [0.3, 0.4) is 0 Å². The Bertz CT molecular complexity index is 1060. The molecule has 0 spiro atoms. The summed E-state index contributed by atoms with van der Waals surface area (Å²) in [4.78, 5) is 9.62. The number of aromatic nitrogens is 2. The second-order valence-corrected chi connectivity index (χ2v) is 7.23. The lowest BCUT2D eigenvalue weighted by molar-refractivity contribution is 1.23. The molecule has 6 heteroatoms. The minimum absolute atomic E-state index is 0.217. The number of nitrogens with one attached hydrogen (secondary N) is 1. The molecule has 0 bridgehead atoms. The fraction of sp³-hybridized carbons (Fsp3) is 0.0526. The van der Waals surface area contributed by atoms with Crippen LogP contribution in [0, 0.1) is 6.92 Å². The van der Waals surface area contributed by atoms with Gasteiger partial charge in [0.15, 0.2) is 0 Å². The van der Waals surface area contributed by atoms with Gasteiger partial charge in [-0.25, -0.2) is 4.98 Å². The molecule has 0 aliphatic rings. The van der Waals surface area contributed by atoms with Gasteiger partial charge in [-0.3, -0.25) is 0 Å². The summed E-state index contributed by atoms with van der Waals surface area (Å²) in [5, 5.41) is 7.30. The van der Waals surface area contributed by atoms with E-state index >= 15 is 0 Å². The smallest absolute Gasteiger partial charge is 0.225 e. The van der Waals surface area contributed by atoms with Gasteiger partial charge in [-0.05, 0) is 41.8 Å². The average Bonchev–Trinajstić information content (AvgIpc) is 3.03. The van der Waals surface area contributed by atoms with Crippen molar-refractivity contribution in [1.82, 2.24) is 9.97 Å². The molecule has 0 aliphatic carbocycles. The number of rotatable bonds is 3. The first-order valence-corrected chi connectivity index (χ1v) is 9.29. The molecule has 4 aromatic rings. The molecule has 2 aromatic carbocycles. The molecule has 3 nitrogen and oxygen atoms in total. The van der Waals surface area contributed by atoms with Crippen molar-refractivity contribution in [2.45, 2.75) is 6.92 Å². The zero-order valence-corrected chi connectivity index (χ0v) is 15.6. The van der Waals surface area contributed by atoms with Crippen LogP contribution in [0.25, 0.3) is 21.3 Å². The number of aryl methyl sites for hydroxylation is 1. The normalized spacial score (nSPS) is 11.0. The van der Waals surface area contributed by atoms with Gasteiger partial charge in [-0.2, -0.15) is 4.98 Å². The Hall–Kier alpha value is -2.14. The van der Waals surface area contributed by atoms with Crippen molar-refractivity contribution in [3.8, 4) is 11.1 Å². The number of benzene rings is 2. The number of nitrogens with zero attached hydrogens (tertiary/aromatic N) is 2. The summed E-state index contributed by atoms with van der Waals surface area (Å²) in [5.74, 6) is 0.676. The van der Waals surface area contributed by atoms with Gasteiger partial charge in [0, 0.05) is 21.7 Å². The van der Waals surface area contributed by atoms with E-state index in [0.717, 1.165) is 32.6 Å². The number of thiophene rings is 1. The van der Waals surface area contributed by atoms with Crippen LogP contribution in [0.5, 0.6) is 0 Å². The maximum Gasteiger partial charge on any atom is 0.225 e. The van der Waals surface area contributed by atoms with Crippen LogP contribution >= 0.6 is 34.5 Å². The van der Waals surface area contributed by atoms with E-state index in [1.54, 1.807) is 11.3 Å². The largest absolute Gasteiger partial charge is 0.339 e. The Morgan fingerprint density at radius 2 is 1.80 bits per heavy atom. The van der Waals surface area contributed by atoms with Gasteiger partial charge in [0.25, 0.3) is 0 Å². The van der Waals surface area contributed by atoms with Crippen LogP contribution in [0.4, 0.5) is 11.5 Å². The van der Waals surface area contributed by atoms with Crippen LogP contribution in [0.1, 0.15) is 5.56 Å². The number of halogens is 2.